The molecule has 1 unspecified atom stereocenters. The van der Waals surface area contributed by atoms with Gasteiger partial charge in [0.1, 0.15) is 0 Å². The minimum absolute atomic E-state index is 0.0755. The molecule has 0 radical (unpaired) electrons. The first-order valence-corrected chi connectivity index (χ1v) is 9.24. The van der Waals surface area contributed by atoms with E-state index < -0.39 is 9.84 Å². The summed E-state index contributed by atoms with van der Waals surface area (Å²) in [5.74, 6) is 0.769. The second-order valence-electron chi connectivity index (χ2n) is 6.26. The van der Waals surface area contributed by atoms with Crippen molar-refractivity contribution in [3.8, 4) is 0 Å². The van der Waals surface area contributed by atoms with Crippen molar-refractivity contribution in [3.05, 3.63) is 35.4 Å². The van der Waals surface area contributed by atoms with E-state index in [9.17, 15) is 13.2 Å². The zero-order valence-corrected chi connectivity index (χ0v) is 13.4. The Hall–Kier alpha value is -1.36. The summed E-state index contributed by atoms with van der Waals surface area (Å²) in [6.07, 6.45) is 1.87. The van der Waals surface area contributed by atoms with Gasteiger partial charge in [0.25, 0.3) is 0 Å². The summed E-state index contributed by atoms with van der Waals surface area (Å²) >= 11 is 0. The molecule has 1 aliphatic heterocycles. The van der Waals surface area contributed by atoms with Crippen LogP contribution in [0.15, 0.2) is 24.3 Å². The molecule has 0 spiro atoms. The van der Waals surface area contributed by atoms with Gasteiger partial charge in [0.05, 0.1) is 17.9 Å². The van der Waals surface area contributed by atoms with Crippen molar-refractivity contribution in [3.63, 3.8) is 0 Å². The highest BCUT2D eigenvalue weighted by Crippen LogP contribution is 2.13. The van der Waals surface area contributed by atoms with E-state index in [-0.39, 0.29) is 23.5 Å². The molecule has 4 nitrogen and oxygen atoms in total. The standard InChI is InChI=1S/C16H23NO3S/c1-12(2)9-13-3-5-14(6-4-13)10-16(18)17-15-7-8-21(19,20)11-15/h3-6,12,15H,7-11H2,1-2H3,(H,17,18). The normalized spacial score (nSPS) is 20.6. The highest BCUT2D eigenvalue weighted by molar-refractivity contribution is 7.91. The van der Waals surface area contributed by atoms with Crippen LogP contribution in [0.4, 0.5) is 0 Å². The molecular formula is C16H23NO3S. The molecule has 1 aromatic rings. The lowest BCUT2D eigenvalue weighted by Crippen LogP contribution is -2.36. The van der Waals surface area contributed by atoms with Crippen LogP contribution >= 0.6 is 0 Å². The number of nitrogens with one attached hydrogen (secondary N) is 1. The van der Waals surface area contributed by atoms with Gasteiger partial charge in [-0.25, -0.2) is 8.42 Å². The Labute approximate surface area is 126 Å². The Bertz CT molecular complexity index is 590. The number of hydrogen-bond donors (Lipinski definition) is 1. The first-order chi connectivity index (χ1) is 9.84. The van der Waals surface area contributed by atoms with Gasteiger partial charge < -0.3 is 5.32 Å². The molecule has 0 bridgehead atoms. The fraction of sp³-hybridized carbons (Fsp3) is 0.562. The summed E-state index contributed by atoms with van der Waals surface area (Å²) in [7, 11) is -2.95. The van der Waals surface area contributed by atoms with Gasteiger partial charge in [-0.15, -0.1) is 0 Å². The lowest BCUT2D eigenvalue weighted by Gasteiger charge is -2.11. The maximum absolute atomic E-state index is 11.9. The highest BCUT2D eigenvalue weighted by atomic mass is 32.2. The van der Waals surface area contributed by atoms with Crippen molar-refractivity contribution < 1.29 is 13.2 Å². The van der Waals surface area contributed by atoms with E-state index in [1.54, 1.807) is 0 Å². The molecule has 1 aliphatic rings. The molecule has 2 rings (SSSR count). The van der Waals surface area contributed by atoms with Crippen LogP contribution in [0, 0.1) is 5.92 Å². The van der Waals surface area contributed by atoms with Gasteiger partial charge in [0.2, 0.25) is 5.91 Å². The topological polar surface area (TPSA) is 63.2 Å². The predicted octanol–water partition coefficient (Wildman–Crippen LogP) is 1.73. The zero-order valence-electron chi connectivity index (χ0n) is 12.6. The number of amides is 1. The number of benzene rings is 1. The molecule has 0 aliphatic carbocycles. The van der Waals surface area contributed by atoms with Crippen LogP contribution in [0.25, 0.3) is 0 Å². The molecule has 0 aromatic heterocycles. The van der Waals surface area contributed by atoms with Gasteiger partial charge in [0.15, 0.2) is 9.84 Å². The molecule has 1 fully saturated rings. The van der Waals surface area contributed by atoms with Crippen LogP contribution < -0.4 is 5.32 Å². The van der Waals surface area contributed by atoms with Crippen molar-refractivity contribution in [2.75, 3.05) is 11.5 Å². The highest BCUT2D eigenvalue weighted by Gasteiger charge is 2.28. The van der Waals surface area contributed by atoms with E-state index in [0.29, 0.717) is 18.8 Å². The van der Waals surface area contributed by atoms with Crippen molar-refractivity contribution in [2.24, 2.45) is 5.92 Å². The average Bonchev–Trinajstić information content (AvgIpc) is 2.70. The second kappa shape index (κ2) is 6.60. The summed E-state index contributed by atoms with van der Waals surface area (Å²) in [6.45, 7) is 4.36. The van der Waals surface area contributed by atoms with Crippen LogP contribution in [-0.4, -0.2) is 31.9 Å². The number of carbonyl (C=O) groups is 1. The van der Waals surface area contributed by atoms with Crippen LogP contribution in [0.5, 0.6) is 0 Å². The third-order valence-electron chi connectivity index (χ3n) is 3.63. The summed E-state index contributed by atoms with van der Waals surface area (Å²) in [5.41, 5.74) is 2.23. The smallest absolute Gasteiger partial charge is 0.224 e. The lowest BCUT2D eigenvalue weighted by molar-refractivity contribution is -0.120. The van der Waals surface area contributed by atoms with Gasteiger partial charge in [-0.1, -0.05) is 38.1 Å². The fourth-order valence-electron chi connectivity index (χ4n) is 2.64. The molecule has 1 heterocycles. The van der Waals surface area contributed by atoms with Crippen LogP contribution in [-0.2, 0) is 27.5 Å². The number of hydrogen-bond acceptors (Lipinski definition) is 3. The summed E-state index contributed by atoms with van der Waals surface area (Å²) in [4.78, 5) is 11.9. The first kappa shape index (κ1) is 16.0. The Morgan fingerprint density at radius 2 is 1.86 bits per heavy atom. The average molecular weight is 309 g/mol. The third kappa shape index (κ3) is 5.16. The first-order valence-electron chi connectivity index (χ1n) is 7.41. The van der Waals surface area contributed by atoms with Crippen LogP contribution in [0.2, 0.25) is 0 Å². The molecule has 1 N–H and O–H groups in total. The fourth-order valence-corrected chi connectivity index (χ4v) is 4.31. The van der Waals surface area contributed by atoms with Gasteiger partial charge >= 0.3 is 0 Å². The molecule has 5 heteroatoms. The summed E-state index contributed by atoms with van der Waals surface area (Å²) < 4.78 is 22.7. The number of sulfone groups is 1. The van der Waals surface area contributed by atoms with Crippen molar-refractivity contribution in [2.45, 2.75) is 39.2 Å². The Morgan fingerprint density at radius 1 is 1.24 bits per heavy atom. The van der Waals surface area contributed by atoms with Gasteiger partial charge in [-0.2, -0.15) is 0 Å². The quantitative estimate of drug-likeness (QED) is 0.901. The van der Waals surface area contributed by atoms with E-state index in [1.807, 2.05) is 12.1 Å². The van der Waals surface area contributed by atoms with Crippen LogP contribution in [0.3, 0.4) is 0 Å². The maximum atomic E-state index is 11.9. The van der Waals surface area contributed by atoms with E-state index in [1.165, 1.54) is 5.56 Å². The molecule has 21 heavy (non-hydrogen) atoms. The van der Waals surface area contributed by atoms with E-state index >= 15 is 0 Å². The molecule has 1 aromatic carbocycles. The van der Waals surface area contributed by atoms with Gasteiger partial charge in [-0.05, 0) is 29.9 Å². The second-order valence-corrected chi connectivity index (χ2v) is 8.49. The largest absolute Gasteiger partial charge is 0.352 e. The van der Waals surface area contributed by atoms with Crippen molar-refractivity contribution >= 4 is 15.7 Å². The Morgan fingerprint density at radius 3 is 2.38 bits per heavy atom. The Balaban J connectivity index is 1.85. The monoisotopic (exact) mass is 309 g/mol. The predicted molar refractivity (Wildman–Crippen MR) is 83.9 cm³/mol. The van der Waals surface area contributed by atoms with Crippen molar-refractivity contribution in [1.29, 1.82) is 0 Å². The summed E-state index contributed by atoms with van der Waals surface area (Å²) in [6, 6.07) is 7.85. The molecule has 1 amide bonds. The van der Waals surface area contributed by atoms with Crippen molar-refractivity contribution in [1.82, 2.24) is 5.32 Å². The van der Waals surface area contributed by atoms with Gasteiger partial charge in [-0.3, -0.25) is 4.79 Å². The lowest BCUT2D eigenvalue weighted by atomic mass is 10.0. The van der Waals surface area contributed by atoms with Crippen LogP contribution in [0.1, 0.15) is 31.4 Å². The zero-order chi connectivity index (χ0) is 15.5. The third-order valence-corrected chi connectivity index (χ3v) is 5.40. The Kier molecular flexibility index (Phi) is 5.04. The molecule has 1 saturated heterocycles. The molecular weight excluding hydrogens is 286 g/mol. The van der Waals surface area contributed by atoms with Gasteiger partial charge in [0, 0.05) is 6.04 Å². The van der Waals surface area contributed by atoms with E-state index in [0.717, 1.165) is 12.0 Å². The molecule has 116 valence electrons. The maximum Gasteiger partial charge on any atom is 0.224 e. The number of carbonyl (C=O) groups excluding carboxylic acids is 1. The number of rotatable bonds is 5. The minimum Gasteiger partial charge on any atom is -0.352 e. The van der Waals surface area contributed by atoms with E-state index in [4.69, 9.17) is 0 Å². The minimum atomic E-state index is -2.95. The molecule has 1 atom stereocenters. The molecule has 0 saturated carbocycles. The summed E-state index contributed by atoms with van der Waals surface area (Å²) in [5, 5.41) is 2.81. The SMILES string of the molecule is CC(C)Cc1ccc(CC(=O)NC2CCS(=O)(=O)C2)cc1. The van der Waals surface area contributed by atoms with E-state index in [2.05, 4.69) is 31.3 Å².